The number of furan rings is 1. The number of carbonyl (C=O) groups excluding carboxylic acids is 1. The second-order valence-corrected chi connectivity index (χ2v) is 6.89. The van der Waals surface area contributed by atoms with Crippen molar-refractivity contribution in [1.82, 2.24) is 20.0 Å². The van der Waals surface area contributed by atoms with E-state index in [4.69, 9.17) is 4.42 Å². The number of nitro groups is 1. The van der Waals surface area contributed by atoms with E-state index in [1.165, 1.54) is 35.9 Å². The topological polar surface area (TPSA) is 106 Å². The first-order valence-electron chi connectivity index (χ1n) is 9.51. The van der Waals surface area contributed by atoms with Crippen molar-refractivity contribution in [3.63, 3.8) is 0 Å². The van der Waals surface area contributed by atoms with Crippen LogP contribution < -0.4 is 5.32 Å². The average molecular weight is 395 g/mol. The Hall–Kier alpha value is -3.46. The first kappa shape index (κ1) is 18.9. The van der Waals surface area contributed by atoms with Gasteiger partial charge in [0.15, 0.2) is 5.76 Å². The number of hydrogen-bond acceptors (Lipinski definition) is 6. The molecule has 1 aliphatic heterocycles. The van der Waals surface area contributed by atoms with Crippen molar-refractivity contribution in [1.29, 1.82) is 0 Å². The first-order chi connectivity index (χ1) is 14.1. The molecule has 3 aromatic rings. The fraction of sp³-hybridized carbons (Fsp3) is 0.300. The summed E-state index contributed by atoms with van der Waals surface area (Å²) in [5.74, 6) is 0.223. The lowest BCUT2D eigenvalue weighted by atomic mass is 10.2. The quantitative estimate of drug-likeness (QED) is 0.487. The smallest absolute Gasteiger partial charge is 0.271 e. The summed E-state index contributed by atoms with van der Waals surface area (Å²) < 4.78 is 6.80. The minimum atomic E-state index is -0.476. The van der Waals surface area contributed by atoms with Crippen LogP contribution in [0.3, 0.4) is 0 Å². The predicted octanol–water partition coefficient (Wildman–Crippen LogP) is 2.87. The van der Waals surface area contributed by atoms with Crippen molar-refractivity contribution in [3.8, 4) is 17.1 Å². The number of likely N-dealkylation sites (tertiary alicyclic amines) is 1. The Kier molecular flexibility index (Phi) is 5.39. The molecule has 9 nitrogen and oxygen atoms in total. The number of rotatable bonds is 7. The van der Waals surface area contributed by atoms with E-state index >= 15 is 0 Å². The van der Waals surface area contributed by atoms with Gasteiger partial charge in [-0.2, -0.15) is 5.10 Å². The van der Waals surface area contributed by atoms with Crippen molar-refractivity contribution < 1.29 is 14.1 Å². The van der Waals surface area contributed by atoms with Crippen LogP contribution in [0.5, 0.6) is 0 Å². The highest BCUT2D eigenvalue weighted by Gasteiger charge is 2.20. The van der Waals surface area contributed by atoms with Crippen LogP contribution in [0.1, 0.15) is 23.3 Å². The summed E-state index contributed by atoms with van der Waals surface area (Å²) in [5, 5.41) is 18.5. The summed E-state index contributed by atoms with van der Waals surface area (Å²) in [6, 6.07) is 11.1. The molecule has 0 spiro atoms. The normalized spacial score (nSPS) is 14.2. The van der Waals surface area contributed by atoms with Crippen molar-refractivity contribution in [2.24, 2.45) is 0 Å². The van der Waals surface area contributed by atoms with Gasteiger partial charge in [0, 0.05) is 31.3 Å². The van der Waals surface area contributed by atoms with E-state index in [1.54, 1.807) is 30.3 Å². The second kappa shape index (κ2) is 8.27. The number of nitro benzene ring substituents is 1. The van der Waals surface area contributed by atoms with Crippen LogP contribution in [0, 0.1) is 10.1 Å². The summed E-state index contributed by atoms with van der Waals surface area (Å²) in [7, 11) is 0. The van der Waals surface area contributed by atoms with Crippen LogP contribution >= 0.6 is 0 Å². The lowest BCUT2D eigenvalue weighted by molar-refractivity contribution is -0.384. The molecule has 1 amide bonds. The third-order valence-corrected chi connectivity index (χ3v) is 4.91. The maximum Gasteiger partial charge on any atom is 0.271 e. The first-order valence-corrected chi connectivity index (χ1v) is 9.51. The monoisotopic (exact) mass is 395 g/mol. The molecular weight excluding hydrogens is 374 g/mol. The summed E-state index contributed by atoms with van der Waals surface area (Å²) in [4.78, 5) is 25.8. The lowest BCUT2D eigenvalue weighted by Crippen LogP contribution is -2.34. The highest BCUT2D eigenvalue weighted by atomic mass is 16.6. The Labute approximate surface area is 167 Å². The zero-order valence-corrected chi connectivity index (χ0v) is 15.8. The number of amides is 1. The standard InChI is InChI=1S/C20H21N5O4/c26-20(21-8-11-23-9-1-2-10-23)18-14-17(19-7-4-12-29-19)22-24(18)15-5-3-6-16(13-15)25(27)28/h3-7,12-14H,1-2,8-11H2,(H,21,26). The van der Waals surface area contributed by atoms with E-state index in [9.17, 15) is 14.9 Å². The minimum absolute atomic E-state index is 0.0714. The molecule has 150 valence electrons. The van der Waals surface area contributed by atoms with E-state index in [1.807, 2.05) is 0 Å². The molecule has 1 aromatic carbocycles. The number of non-ortho nitro benzene ring substituents is 1. The van der Waals surface area contributed by atoms with Gasteiger partial charge in [-0.05, 0) is 44.1 Å². The molecule has 2 aromatic heterocycles. The third kappa shape index (κ3) is 4.19. The zero-order valence-electron chi connectivity index (χ0n) is 15.8. The molecule has 0 saturated carbocycles. The molecule has 1 saturated heterocycles. The Morgan fingerprint density at radius 1 is 1.21 bits per heavy atom. The van der Waals surface area contributed by atoms with Crippen molar-refractivity contribution in [3.05, 3.63) is 64.5 Å². The molecular formula is C20H21N5O4. The fourth-order valence-electron chi connectivity index (χ4n) is 3.45. The molecule has 3 heterocycles. The highest BCUT2D eigenvalue weighted by molar-refractivity contribution is 5.94. The summed E-state index contributed by atoms with van der Waals surface area (Å²) in [6.07, 6.45) is 3.91. The maximum absolute atomic E-state index is 12.9. The van der Waals surface area contributed by atoms with Crippen LogP contribution in [0.15, 0.2) is 53.1 Å². The van der Waals surface area contributed by atoms with Gasteiger partial charge in [-0.15, -0.1) is 0 Å². The fourth-order valence-corrected chi connectivity index (χ4v) is 3.45. The number of hydrogen-bond donors (Lipinski definition) is 1. The molecule has 0 unspecified atom stereocenters. The average Bonchev–Trinajstić information content (AvgIpc) is 3.48. The number of carbonyl (C=O) groups is 1. The van der Waals surface area contributed by atoms with E-state index in [-0.39, 0.29) is 11.6 Å². The van der Waals surface area contributed by atoms with Crippen LogP contribution in [-0.2, 0) is 0 Å². The highest BCUT2D eigenvalue weighted by Crippen LogP contribution is 2.24. The van der Waals surface area contributed by atoms with E-state index in [0.29, 0.717) is 29.4 Å². The van der Waals surface area contributed by atoms with Crippen molar-refractivity contribution >= 4 is 11.6 Å². The molecule has 0 aliphatic carbocycles. The zero-order chi connectivity index (χ0) is 20.2. The van der Waals surface area contributed by atoms with Crippen LogP contribution in [-0.4, -0.2) is 51.7 Å². The van der Waals surface area contributed by atoms with Gasteiger partial charge in [0.2, 0.25) is 0 Å². The van der Waals surface area contributed by atoms with Crippen LogP contribution in [0.2, 0.25) is 0 Å². The molecule has 29 heavy (non-hydrogen) atoms. The Morgan fingerprint density at radius 3 is 2.76 bits per heavy atom. The minimum Gasteiger partial charge on any atom is -0.463 e. The van der Waals surface area contributed by atoms with Crippen molar-refractivity contribution in [2.75, 3.05) is 26.2 Å². The molecule has 4 rings (SSSR count). The van der Waals surface area contributed by atoms with Gasteiger partial charge in [0.25, 0.3) is 11.6 Å². The SMILES string of the molecule is O=C(NCCN1CCCC1)c1cc(-c2ccco2)nn1-c1cccc([N+](=O)[O-])c1. The van der Waals surface area contributed by atoms with Crippen LogP contribution in [0.4, 0.5) is 5.69 Å². The summed E-state index contributed by atoms with van der Waals surface area (Å²) >= 11 is 0. The van der Waals surface area contributed by atoms with Gasteiger partial charge in [-0.1, -0.05) is 6.07 Å². The second-order valence-electron chi connectivity index (χ2n) is 6.89. The molecule has 0 atom stereocenters. The molecule has 0 bridgehead atoms. The van der Waals surface area contributed by atoms with Gasteiger partial charge in [-0.3, -0.25) is 14.9 Å². The van der Waals surface area contributed by atoms with Gasteiger partial charge in [-0.25, -0.2) is 4.68 Å². The lowest BCUT2D eigenvalue weighted by Gasteiger charge is -2.15. The molecule has 1 fully saturated rings. The van der Waals surface area contributed by atoms with Gasteiger partial charge >= 0.3 is 0 Å². The number of aromatic nitrogens is 2. The van der Waals surface area contributed by atoms with Gasteiger partial charge in [0.1, 0.15) is 11.4 Å². The summed E-state index contributed by atoms with van der Waals surface area (Å²) in [6.45, 7) is 3.44. The molecule has 1 aliphatic rings. The predicted molar refractivity (Wildman–Crippen MR) is 106 cm³/mol. The number of nitrogens with one attached hydrogen (secondary N) is 1. The molecule has 0 radical (unpaired) electrons. The van der Waals surface area contributed by atoms with E-state index in [2.05, 4.69) is 15.3 Å². The largest absolute Gasteiger partial charge is 0.463 e. The number of benzene rings is 1. The van der Waals surface area contributed by atoms with Gasteiger partial charge in [0.05, 0.1) is 16.9 Å². The van der Waals surface area contributed by atoms with Crippen molar-refractivity contribution in [2.45, 2.75) is 12.8 Å². The van der Waals surface area contributed by atoms with E-state index < -0.39 is 4.92 Å². The third-order valence-electron chi connectivity index (χ3n) is 4.91. The van der Waals surface area contributed by atoms with Gasteiger partial charge < -0.3 is 14.6 Å². The summed E-state index contributed by atoms with van der Waals surface area (Å²) in [5.41, 5.74) is 1.13. The number of nitrogens with zero attached hydrogens (tertiary/aromatic N) is 4. The Bertz CT molecular complexity index is 1010. The van der Waals surface area contributed by atoms with E-state index in [0.717, 1.165) is 19.6 Å². The Balaban J connectivity index is 1.61. The molecule has 1 N–H and O–H groups in total. The molecule has 9 heteroatoms. The Morgan fingerprint density at radius 2 is 2.03 bits per heavy atom. The maximum atomic E-state index is 12.9. The van der Waals surface area contributed by atoms with Crippen LogP contribution in [0.25, 0.3) is 17.1 Å².